The molecule has 0 spiro atoms. The number of hydrogen-bond donors (Lipinski definition) is 1. The minimum absolute atomic E-state index is 0.103. The summed E-state index contributed by atoms with van der Waals surface area (Å²) in [6, 6.07) is 11.8. The van der Waals surface area contributed by atoms with E-state index in [0.29, 0.717) is 32.0 Å². The van der Waals surface area contributed by atoms with Crippen molar-refractivity contribution in [3.63, 3.8) is 0 Å². The molecule has 2 aromatic rings. The van der Waals surface area contributed by atoms with Crippen LogP contribution in [0.15, 0.2) is 47.4 Å². The Kier molecular flexibility index (Phi) is 6.76. The fourth-order valence-electron chi connectivity index (χ4n) is 3.25. The van der Waals surface area contributed by atoms with E-state index >= 15 is 0 Å². The molecule has 156 valence electrons. The predicted octanol–water partition coefficient (Wildman–Crippen LogP) is 2.81. The lowest BCUT2D eigenvalue weighted by Gasteiger charge is -2.17. The van der Waals surface area contributed by atoms with Crippen LogP contribution in [0.2, 0.25) is 0 Å². The molecule has 0 aromatic heterocycles. The summed E-state index contributed by atoms with van der Waals surface area (Å²) in [6.07, 6.45) is 1.70. The van der Waals surface area contributed by atoms with Crippen LogP contribution in [0.25, 0.3) is 0 Å². The Bertz CT molecular complexity index is 952. The number of carbonyl (C=O) groups is 1. The molecule has 1 aliphatic heterocycles. The van der Waals surface area contributed by atoms with Crippen molar-refractivity contribution in [3.05, 3.63) is 53.6 Å². The van der Waals surface area contributed by atoms with Gasteiger partial charge in [-0.3, -0.25) is 4.79 Å². The summed E-state index contributed by atoms with van der Waals surface area (Å²) in [5.74, 6) is 0.702. The normalized spacial score (nSPS) is 14.6. The van der Waals surface area contributed by atoms with E-state index < -0.39 is 15.9 Å². The number of sulfonamides is 1. The molecule has 2 aromatic carbocycles. The molecule has 7 nitrogen and oxygen atoms in total. The van der Waals surface area contributed by atoms with E-state index in [1.165, 1.54) is 29.6 Å². The van der Waals surface area contributed by atoms with Crippen molar-refractivity contribution >= 4 is 15.9 Å². The molecular formula is C21H26N2O5S. The zero-order chi connectivity index (χ0) is 20.9. The number of carbonyl (C=O) groups excluding carboxylic acids is 1. The van der Waals surface area contributed by atoms with Gasteiger partial charge in [0, 0.05) is 19.6 Å². The Morgan fingerprint density at radius 2 is 1.79 bits per heavy atom. The van der Waals surface area contributed by atoms with Crippen molar-refractivity contribution < 1.29 is 22.7 Å². The molecule has 1 amide bonds. The van der Waals surface area contributed by atoms with Gasteiger partial charge in [0.25, 0.3) is 5.91 Å². The van der Waals surface area contributed by atoms with Crippen molar-refractivity contribution in [1.82, 2.24) is 9.62 Å². The van der Waals surface area contributed by atoms with Gasteiger partial charge in [-0.2, -0.15) is 4.31 Å². The second-order valence-electron chi connectivity index (χ2n) is 6.73. The average molecular weight is 419 g/mol. The van der Waals surface area contributed by atoms with Gasteiger partial charge in [-0.15, -0.1) is 0 Å². The molecule has 1 fully saturated rings. The first-order valence-corrected chi connectivity index (χ1v) is 11.1. The first-order valence-electron chi connectivity index (χ1n) is 9.64. The van der Waals surface area contributed by atoms with Crippen molar-refractivity contribution in [3.8, 4) is 11.5 Å². The summed E-state index contributed by atoms with van der Waals surface area (Å²) in [5.41, 5.74) is 1.10. The highest BCUT2D eigenvalue weighted by molar-refractivity contribution is 7.89. The summed E-state index contributed by atoms with van der Waals surface area (Å²) in [4.78, 5) is 12.8. The Labute approximate surface area is 171 Å². The maximum atomic E-state index is 12.8. The number of methoxy groups -OCH3 is 1. The van der Waals surface area contributed by atoms with Gasteiger partial charge < -0.3 is 14.8 Å². The Morgan fingerprint density at radius 3 is 2.41 bits per heavy atom. The minimum Gasteiger partial charge on any atom is -0.496 e. The number of nitrogens with one attached hydrogen (secondary N) is 1. The zero-order valence-electron chi connectivity index (χ0n) is 16.7. The molecule has 8 heteroatoms. The van der Waals surface area contributed by atoms with Crippen LogP contribution in [0.3, 0.4) is 0 Å². The van der Waals surface area contributed by atoms with Crippen molar-refractivity contribution in [1.29, 1.82) is 0 Å². The van der Waals surface area contributed by atoms with Gasteiger partial charge in [0.05, 0.1) is 24.2 Å². The van der Waals surface area contributed by atoms with Crippen LogP contribution in [0, 0.1) is 0 Å². The molecule has 29 heavy (non-hydrogen) atoms. The van der Waals surface area contributed by atoms with Gasteiger partial charge in [-0.1, -0.05) is 12.1 Å². The third-order valence-electron chi connectivity index (χ3n) is 4.81. The Hall–Kier alpha value is -2.58. The van der Waals surface area contributed by atoms with Crippen molar-refractivity contribution in [2.45, 2.75) is 31.2 Å². The van der Waals surface area contributed by atoms with Crippen LogP contribution < -0.4 is 14.8 Å². The van der Waals surface area contributed by atoms with E-state index in [4.69, 9.17) is 9.47 Å². The highest BCUT2D eigenvalue weighted by Crippen LogP contribution is 2.26. The molecule has 1 N–H and O–H groups in total. The highest BCUT2D eigenvalue weighted by Gasteiger charge is 2.28. The van der Waals surface area contributed by atoms with Crippen LogP contribution in [-0.2, 0) is 16.6 Å². The van der Waals surface area contributed by atoms with Gasteiger partial charge in [0.1, 0.15) is 11.5 Å². The molecule has 1 heterocycles. The first-order chi connectivity index (χ1) is 14.0. The summed E-state index contributed by atoms with van der Waals surface area (Å²) >= 11 is 0. The van der Waals surface area contributed by atoms with Crippen LogP contribution in [0.4, 0.5) is 0 Å². The van der Waals surface area contributed by atoms with Crippen LogP contribution >= 0.6 is 0 Å². The van der Waals surface area contributed by atoms with Gasteiger partial charge in [-0.05, 0) is 55.7 Å². The summed E-state index contributed by atoms with van der Waals surface area (Å²) < 4.78 is 37.8. The molecule has 0 unspecified atom stereocenters. The largest absolute Gasteiger partial charge is 0.496 e. The molecule has 1 saturated heterocycles. The summed E-state index contributed by atoms with van der Waals surface area (Å²) in [7, 11) is -2.16. The smallest absolute Gasteiger partial charge is 0.255 e. The van der Waals surface area contributed by atoms with Crippen LogP contribution in [0.1, 0.15) is 35.7 Å². The zero-order valence-corrected chi connectivity index (χ0v) is 17.5. The third-order valence-corrected chi connectivity index (χ3v) is 6.70. The lowest BCUT2D eigenvalue weighted by Crippen LogP contribution is -2.28. The van der Waals surface area contributed by atoms with Crippen molar-refractivity contribution in [2.75, 3.05) is 26.8 Å². The van der Waals surface area contributed by atoms with Gasteiger partial charge in [0.2, 0.25) is 10.0 Å². The van der Waals surface area contributed by atoms with E-state index in [1.54, 1.807) is 0 Å². The second-order valence-corrected chi connectivity index (χ2v) is 8.67. The maximum Gasteiger partial charge on any atom is 0.255 e. The lowest BCUT2D eigenvalue weighted by molar-refractivity contribution is 0.0947. The van der Waals surface area contributed by atoms with Crippen molar-refractivity contribution in [2.24, 2.45) is 0 Å². The molecule has 0 aliphatic carbocycles. The van der Waals surface area contributed by atoms with E-state index in [-0.39, 0.29) is 10.5 Å². The quantitative estimate of drug-likeness (QED) is 0.713. The molecular weight excluding hydrogens is 392 g/mol. The Balaban J connectivity index is 1.76. The third kappa shape index (κ3) is 4.89. The first kappa shape index (κ1) is 21.1. The number of hydrogen-bond acceptors (Lipinski definition) is 5. The number of rotatable bonds is 8. The van der Waals surface area contributed by atoms with E-state index in [9.17, 15) is 13.2 Å². The number of nitrogens with zero attached hydrogens (tertiary/aromatic N) is 1. The highest BCUT2D eigenvalue weighted by atomic mass is 32.2. The van der Waals surface area contributed by atoms with Gasteiger partial charge in [0.15, 0.2) is 0 Å². The SMILES string of the molecule is CCOc1ccc(CNC(=O)c2cc(S(=O)(=O)N3CCCC3)ccc2OC)cc1. The standard InChI is InChI=1S/C21H26N2O5S/c1-3-28-17-8-6-16(7-9-17)15-22-21(24)19-14-18(10-11-20(19)27-2)29(25,26)23-12-4-5-13-23/h6-11,14H,3-5,12-13,15H2,1-2H3,(H,22,24). The lowest BCUT2D eigenvalue weighted by atomic mass is 10.1. The Morgan fingerprint density at radius 1 is 1.10 bits per heavy atom. The van der Waals surface area contributed by atoms with Gasteiger partial charge >= 0.3 is 0 Å². The predicted molar refractivity (Wildman–Crippen MR) is 110 cm³/mol. The maximum absolute atomic E-state index is 12.8. The van der Waals surface area contributed by atoms with Crippen LogP contribution in [0.5, 0.6) is 11.5 Å². The topological polar surface area (TPSA) is 84.9 Å². The fourth-order valence-corrected chi connectivity index (χ4v) is 4.79. The summed E-state index contributed by atoms with van der Waals surface area (Å²) in [6.45, 7) is 3.82. The molecule has 0 atom stereocenters. The summed E-state index contributed by atoms with van der Waals surface area (Å²) in [5, 5.41) is 2.82. The van der Waals surface area contributed by atoms with E-state index in [1.807, 2.05) is 31.2 Å². The fraction of sp³-hybridized carbons (Fsp3) is 0.381. The number of ether oxygens (including phenoxy) is 2. The number of benzene rings is 2. The monoisotopic (exact) mass is 418 g/mol. The van der Waals surface area contributed by atoms with Crippen LogP contribution in [-0.4, -0.2) is 45.4 Å². The molecule has 3 rings (SSSR count). The molecule has 0 bridgehead atoms. The van der Waals surface area contributed by atoms with E-state index in [0.717, 1.165) is 24.2 Å². The second kappa shape index (κ2) is 9.28. The number of amides is 1. The average Bonchev–Trinajstić information content (AvgIpc) is 3.28. The minimum atomic E-state index is -3.61. The molecule has 0 saturated carbocycles. The molecule has 0 radical (unpaired) electrons. The van der Waals surface area contributed by atoms with Gasteiger partial charge in [-0.25, -0.2) is 8.42 Å². The molecule has 1 aliphatic rings. The van der Waals surface area contributed by atoms with E-state index in [2.05, 4.69) is 5.32 Å².